The van der Waals surface area contributed by atoms with Crippen LogP contribution in [0.3, 0.4) is 0 Å². The molecule has 1 aromatic carbocycles. The Morgan fingerprint density at radius 2 is 1.95 bits per heavy atom. The summed E-state index contributed by atoms with van der Waals surface area (Å²) < 4.78 is 38.5. The SMILES string of the molecule is Cc1ccc(NC(=O)[C@H](C)N2CCC[C@@H](C(F)(F)F)C2)cc1. The zero-order valence-electron chi connectivity index (χ0n) is 12.8. The Bertz CT molecular complexity index is 513. The Kier molecular flexibility index (Phi) is 5.11. The highest BCUT2D eigenvalue weighted by atomic mass is 19.4. The first-order chi connectivity index (χ1) is 10.3. The maximum absolute atomic E-state index is 12.8. The van der Waals surface area contributed by atoms with E-state index in [1.807, 2.05) is 19.1 Å². The summed E-state index contributed by atoms with van der Waals surface area (Å²) in [5.74, 6) is -1.61. The Balaban J connectivity index is 1.96. The number of hydrogen-bond acceptors (Lipinski definition) is 2. The van der Waals surface area contributed by atoms with E-state index in [2.05, 4.69) is 5.32 Å². The van der Waals surface area contributed by atoms with Gasteiger partial charge in [-0.2, -0.15) is 13.2 Å². The van der Waals surface area contributed by atoms with Crippen LogP contribution in [0.25, 0.3) is 0 Å². The van der Waals surface area contributed by atoms with Crippen LogP contribution in [0.15, 0.2) is 24.3 Å². The number of likely N-dealkylation sites (tertiary alicyclic amines) is 1. The van der Waals surface area contributed by atoms with Crippen molar-refractivity contribution in [2.24, 2.45) is 5.92 Å². The lowest BCUT2D eigenvalue weighted by atomic mass is 9.96. The van der Waals surface area contributed by atoms with Crippen LogP contribution in [-0.2, 0) is 4.79 Å². The van der Waals surface area contributed by atoms with Crippen molar-refractivity contribution in [1.29, 1.82) is 0 Å². The molecular weight excluding hydrogens is 293 g/mol. The number of alkyl halides is 3. The lowest BCUT2D eigenvalue weighted by Gasteiger charge is -2.36. The van der Waals surface area contributed by atoms with Crippen LogP contribution < -0.4 is 5.32 Å². The largest absolute Gasteiger partial charge is 0.393 e. The normalized spacial score (nSPS) is 21.4. The number of rotatable bonds is 3. The van der Waals surface area contributed by atoms with Crippen molar-refractivity contribution < 1.29 is 18.0 Å². The van der Waals surface area contributed by atoms with Crippen LogP contribution in [0.2, 0.25) is 0 Å². The molecule has 0 aliphatic carbocycles. The number of nitrogens with zero attached hydrogens (tertiary/aromatic N) is 1. The highest BCUT2D eigenvalue weighted by Gasteiger charge is 2.43. The second-order valence-electron chi connectivity index (χ2n) is 5.91. The van der Waals surface area contributed by atoms with Gasteiger partial charge in [0.25, 0.3) is 0 Å². The van der Waals surface area contributed by atoms with Gasteiger partial charge in [-0.05, 0) is 45.4 Å². The molecule has 2 rings (SSSR count). The minimum atomic E-state index is -4.19. The highest BCUT2D eigenvalue weighted by Crippen LogP contribution is 2.33. The number of halogens is 3. The van der Waals surface area contributed by atoms with Gasteiger partial charge in [0.2, 0.25) is 5.91 Å². The molecule has 0 radical (unpaired) electrons. The average molecular weight is 314 g/mol. The van der Waals surface area contributed by atoms with E-state index < -0.39 is 18.1 Å². The van der Waals surface area contributed by atoms with Crippen LogP contribution in [-0.4, -0.2) is 36.1 Å². The van der Waals surface area contributed by atoms with Gasteiger partial charge in [-0.15, -0.1) is 0 Å². The lowest BCUT2D eigenvalue weighted by Crippen LogP contribution is -2.49. The third-order valence-corrected chi connectivity index (χ3v) is 4.16. The van der Waals surface area contributed by atoms with Crippen molar-refractivity contribution in [2.45, 2.75) is 38.9 Å². The van der Waals surface area contributed by atoms with Gasteiger partial charge in [0.15, 0.2) is 0 Å². The van der Waals surface area contributed by atoms with Crippen LogP contribution in [0.5, 0.6) is 0 Å². The van der Waals surface area contributed by atoms with Gasteiger partial charge < -0.3 is 5.32 Å². The van der Waals surface area contributed by atoms with Crippen molar-refractivity contribution in [3.63, 3.8) is 0 Å². The monoisotopic (exact) mass is 314 g/mol. The van der Waals surface area contributed by atoms with E-state index in [1.54, 1.807) is 24.0 Å². The third-order valence-electron chi connectivity index (χ3n) is 4.16. The quantitative estimate of drug-likeness (QED) is 0.924. The fourth-order valence-electron chi connectivity index (χ4n) is 2.67. The number of hydrogen-bond donors (Lipinski definition) is 1. The maximum Gasteiger partial charge on any atom is 0.393 e. The summed E-state index contributed by atoms with van der Waals surface area (Å²) in [5.41, 5.74) is 1.74. The van der Waals surface area contributed by atoms with Crippen molar-refractivity contribution in [2.75, 3.05) is 18.4 Å². The summed E-state index contributed by atoms with van der Waals surface area (Å²) in [4.78, 5) is 13.8. The predicted molar refractivity (Wildman–Crippen MR) is 79.6 cm³/mol. The van der Waals surface area contributed by atoms with E-state index in [0.29, 0.717) is 18.7 Å². The van der Waals surface area contributed by atoms with E-state index >= 15 is 0 Å². The molecule has 3 nitrogen and oxygen atoms in total. The topological polar surface area (TPSA) is 32.3 Å². The van der Waals surface area contributed by atoms with Crippen LogP contribution in [0.4, 0.5) is 18.9 Å². The molecule has 0 aromatic heterocycles. The number of carbonyl (C=O) groups excluding carboxylic acids is 1. The number of carbonyl (C=O) groups is 1. The van der Waals surface area contributed by atoms with Crippen LogP contribution in [0, 0.1) is 12.8 Å². The summed E-state index contributed by atoms with van der Waals surface area (Å²) >= 11 is 0. The van der Waals surface area contributed by atoms with Crippen molar-refractivity contribution in [1.82, 2.24) is 4.90 Å². The Hall–Kier alpha value is -1.56. The zero-order chi connectivity index (χ0) is 16.3. The molecule has 0 unspecified atom stereocenters. The maximum atomic E-state index is 12.8. The molecular formula is C16H21F3N2O. The summed E-state index contributed by atoms with van der Waals surface area (Å²) in [6, 6.07) is 6.75. The van der Waals surface area contributed by atoms with Gasteiger partial charge in [-0.1, -0.05) is 17.7 Å². The molecule has 1 aliphatic rings. The molecule has 1 fully saturated rings. The minimum Gasteiger partial charge on any atom is -0.325 e. The van der Waals surface area contributed by atoms with Gasteiger partial charge in [-0.25, -0.2) is 0 Å². The van der Waals surface area contributed by atoms with E-state index in [4.69, 9.17) is 0 Å². The summed E-state index contributed by atoms with van der Waals surface area (Å²) in [5, 5.41) is 2.76. The summed E-state index contributed by atoms with van der Waals surface area (Å²) in [6.45, 7) is 4.02. The van der Waals surface area contributed by atoms with Crippen molar-refractivity contribution in [3.8, 4) is 0 Å². The number of benzene rings is 1. The second-order valence-corrected chi connectivity index (χ2v) is 5.91. The van der Waals surface area contributed by atoms with Gasteiger partial charge in [0, 0.05) is 12.2 Å². The molecule has 1 saturated heterocycles. The third kappa shape index (κ3) is 4.22. The first-order valence-electron chi connectivity index (χ1n) is 7.45. The Morgan fingerprint density at radius 1 is 1.32 bits per heavy atom. The van der Waals surface area contributed by atoms with Crippen molar-refractivity contribution >= 4 is 11.6 Å². The van der Waals surface area contributed by atoms with Crippen molar-refractivity contribution in [3.05, 3.63) is 29.8 Å². The molecule has 1 amide bonds. The van der Waals surface area contributed by atoms with Gasteiger partial charge in [0.1, 0.15) is 0 Å². The molecule has 1 aromatic rings. The molecule has 6 heteroatoms. The van der Waals surface area contributed by atoms with E-state index in [9.17, 15) is 18.0 Å². The smallest absolute Gasteiger partial charge is 0.325 e. The van der Waals surface area contributed by atoms with Crippen LogP contribution >= 0.6 is 0 Å². The molecule has 122 valence electrons. The standard InChI is InChI=1S/C16H21F3N2O/c1-11-5-7-14(8-6-11)20-15(22)12(2)21-9-3-4-13(10-21)16(17,18)19/h5-8,12-13H,3-4,9-10H2,1-2H3,(H,20,22)/t12-,13+/m0/s1. The van der Waals surface area contributed by atoms with E-state index in [0.717, 1.165) is 5.56 Å². The zero-order valence-corrected chi connectivity index (χ0v) is 12.8. The van der Waals surface area contributed by atoms with Crippen LogP contribution in [0.1, 0.15) is 25.3 Å². The van der Waals surface area contributed by atoms with Gasteiger partial charge in [-0.3, -0.25) is 9.69 Å². The van der Waals surface area contributed by atoms with E-state index in [-0.39, 0.29) is 18.9 Å². The number of anilines is 1. The van der Waals surface area contributed by atoms with Gasteiger partial charge in [0.05, 0.1) is 12.0 Å². The first kappa shape index (κ1) is 16.8. The molecule has 1 heterocycles. The summed E-state index contributed by atoms with van der Waals surface area (Å²) in [7, 11) is 0. The first-order valence-corrected chi connectivity index (χ1v) is 7.45. The number of aryl methyl sites for hydroxylation is 1. The molecule has 2 atom stereocenters. The number of piperidine rings is 1. The molecule has 22 heavy (non-hydrogen) atoms. The van der Waals surface area contributed by atoms with E-state index in [1.165, 1.54) is 0 Å². The molecule has 1 aliphatic heterocycles. The average Bonchev–Trinajstić information content (AvgIpc) is 2.48. The minimum absolute atomic E-state index is 0.105. The molecule has 1 N–H and O–H groups in total. The fourth-order valence-corrected chi connectivity index (χ4v) is 2.67. The number of amides is 1. The number of nitrogens with one attached hydrogen (secondary N) is 1. The second kappa shape index (κ2) is 6.69. The van der Waals surface area contributed by atoms with Gasteiger partial charge >= 0.3 is 6.18 Å². The highest BCUT2D eigenvalue weighted by molar-refractivity contribution is 5.94. The molecule has 0 spiro atoms. The molecule has 0 saturated carbocycles. The Morgan fingerprint density at radius 3 is 2.55 bits per heavy atom. The lowest BCUT2D eigenvalue weighted by molar-refractivity contribution is -0.188. The fraction of sp³-hybridized carbons (Fsp3) is 0.562. The Labute approximate surface area is 128 Å². The summed E-state index contributed by atoms with van der Waals surface area (Å²) in [6.07, 6.45) is -3.58. The molecule has 0 bridgehead atoms. The predicted octanol–water partition coefficient (Wildman–Crippen LogP) is 3.60.